The van der Waals surface area contributed by atoms with Gasteiger partial charge in [0, 0.05) is 31.9 Å². The van der Waals surface area contributed by atoms with Crippen molar-refractivity contribution in [2.24, 2.45) is 0 Å². The Morgan fingerprint density at radius 2 is 1.50 bits per heavy atom. The van der Waals surface area contributed by atoms with Crippen molar-refractivity contribution in [2.45, 2.75) is 19.5 Å². The van der Waals surface area contributed by atoms with Gasteiger partial charge in [0.05, 0.1) is 19.2 Å². The molecule has 0 radical (unpaired) electrons. The van der Waals surface area contributed by atoms with E-state index in [1.165, 1.54) is 16.8 Å². The van der Waals surface area contributed by atoms with Crippen molar-refractivity contribution in [1.29, 1.82) is 0 Å². The quantitative estimate of drug-likeness (QED) is 0.401. The van der Waals surface area contributed by atoms with Crippen LogP contribution in [0, 0.1) is 0 Å². The maximum absolute atomic E-state index is 5.68. The lowest BCUT2D eigenvalue weighted by Crippen LogP contribution is -2.48. The molecule has 1 aliphatic heterocycles. The summed E-state index contributed by atoms with van der Waals surface area (Å²) in [5, 5.41) is 12.9. The lowest BCUT2D eigenvalue weighted by Gasteiger charge is -2.40. The number of piperazine rings is 1. The third-order valence-corrected chi connectivity index (χ3v) is 6.29. The molecule has 1 aliphatic rings. The third kappa shape index (κ3) is 4.94. The number of para-hydroxylation sites is 1. The van der Waals surface area contributed by atoms with Gasteiger partial charge in [-0.2, -0.15) is 0 Å². The van der Waals surface area contributed by atoms with Crippen molar-refractivity contribution in [3.8, 4) is 5.75 Å². The molecule has 0 unspecified atom stereocenters. The van der Waals surface area contributed by atoms with Gasteiger partial charge < -0.3 is 9.64 Å². The van der Waals surface area contributed by atoms with E-state index >= 15 is 0 Å². The van der Waals surface area contributed by atoms with Crippen molar-refractivity contribution >= 4 is 5.69 Å². The molecule has 0 amide bonds. The smallest absolute Gasteiger partial charge is 0.173 e. The van der Waals surface area contributed by atoms with Gasteiger partial charge in [-0.1, -0.05) is 60.7 Å². The van der Waals surface area contributed by atoms with Crippen molar-refractivity contribution in [1.82, 2.24) is 25.1 Å². The predicted molar refractivity (Wildman–Crippen MR) is 133 cm³/mol. The fourth-order valence-corrected chi connectivity index (χ4v) is 4.59. The highest BCUT2D eigenvalue weighted by molar-refractivity contribution is 5.46. The molecular formula is C27H30N6O. The van der Waals surface area contributed by atoms with Crippen LogP contribution < -0.4 is 9.64 Å². The van der Waals surface area contributed by atoms with E-state index in [0.717, 1.165) is 37.8 Å². The predicted octanol–water partition coefficient (Wildman–Crippen LogP) is 4.03. The summed E-state index contributed by atoms with van der Waals surface area (Å²) in [5.41, 5.74) is 3.62. The number of nitrogens with zero attached hydrogens (tertiary/aromatic N) is 6. The minimum atomic E-state index is -0.0349. The summed E-state index contributed by atoms with van der Waals surface area (Å²) >= 11 is 0. The van der Waals surface area contributed by atoms with Crippen LogP contribution in [0.15, 0.2) is 84.9 Å². The van der Waals surface area contributed by atoms with Gasteiger partial charge in [0.25, 0.3) is 0 Å². The zero-order valence-corrected chi connectivity index (χ0v) is 19.5. The molecule has 0 spiro atoms. The van der Waals surface area contributed by atoms with Crippen molar-refractivity contribution < 1.29 is 4.74 Å². The van der Waals surface area contributed by atoms with E-state index in [4.69, 9.17) is 4.74 Å². The van der Waals surface area contributed by atoms with Gasteiger partial charge in [-0.15, -0.1) is 5.10 Å². The van der Waals surface area contributed by atoms with E-state index in [1.54, 1.807) is 0 Å². The average molecular weight is 455 g/mol. The zero-order valence-electron chi connectivity index (χ0n) is 19.5. The molecule has 7 nitrogen and oxygen atoms in total. The van der Waals surface area contributed by atoms with Crippen LogP contribution in [0.3, 0.4) is 0 Å². The zero-order chi connectivity index (χ0) is 23.2. The Bertz CT molecular complexity index is 1150. The first-order chi connectivity index (χ1) is 16.8. The van der Waals surface area contributed by atoms with Crippen LogP contribution >= 0.6 is 0 Å². The van der Waals surface area contributed by atoms with Crippen LogP contribution in [0.5, 0.6) is 5.75 Å². The number of benzene rings is 3. The molecule has 1 aromatic heterocycles. The van der Waals surface area contributed by atoms with E-state index in [0.29, 0.717) is 13.2 Å². The SMILES string of the molecule is CCOc1ccc([C@@H](c2nnnn2Cc2ccccc2)N2CCN(c3ccccc3)CC2)cc1. The molecule has 3 aromatic carbocycles. The molecular weight excluding hydrogens is 424 g/mol. The molecule has 4 aromatic rings. The number of hydrogen-bond acceptors (Lipinski definition) is 6. The molecule has 7 heteroatoms. The Morgan fingerprint density at radius 3 is 2.18 bits per heavy atom. The van der Waals surface area contributed by atoms with Crippen molar-refractivity contribution in [3.63, 3.8) is 0 Å². The fourth-order valence-electron chi connectivity index (χ4n) is 4.59. The van der Waals surface area contributed by atoms with Crippen LogP contribution in [0.4, 0.5) is 5.69 Å². The molecule has 174 valence electrons. The second-order valence-corrected chi connectivity index (χ2v) is 8.44. The van der Waals surface area contributed by atoms with Gasteiger partial charge in [0.2, 0.25) is 0 Å². The first-order valence-electron chi connectivity index (χ1n) is 11.9. The molecule has 1 fully saturated rings. The van der Waals surface area contributed by atoms with Crippen LogP contribution in [0.25, 0.3) is 0 Å². The minimum Gasteiger partial charge on any atom is -0.494 e. The fraction of sp³-hybridized carbons (Fsp3) is 0.296. The number of hydrogen-bond donors (Lipinski definition) is 0. The van der Waals surface area contributed by atoms with Crippen LogP contribution in [-0.4, -0.2) is 57.9 Å². The monoisotopic (exact) mass is 454 g/mol. The number of rotatable bonds is 8. The molecule has 0 saturated carbocycles. The second kappa shape index (κ2) is 10.5. The van der Waals surface area contributed by atoms with E-state index < -0.39 is 0 Å². The number of aromatic nitrogens is 4. The van der Waals surface area contributed by atoms with Crippen LogP contribution in [-0.2, 0) is 6.54 Å². The highest BCUT2D eigenvalue weighted by Gasteiger charge is 2.30. The average Bonchev–Trinajstić information content (AvgIpc) is 3.34. The van der Waals surface area contributed by atoms with Crippen LogP contribution in [0.1, 0.15) is 29.9 Å². The maximum Gasteiger partial charge on any atom is 0.173 e. The maximum atomic E-state index is 5.68. The Kier molecular flexibility index (Phi) is 6.81. The highest BCUT2D eigenvalue weighted by Crippen LogP contribution is 2.30. The molecule has 1 saturated heterocycles. The van der Waals surface area contributed by atoms with Crippen molar-refractivity contribution in [3.05, 3.63) is 102 Å². The summed E-state index contributed by atoms with van der Waals surface area (Å²) in [6.45, 7) is 7.05. The van der Waals surface area contributed by atoms with Gasteiger partial charge in [-0.25, -0.2) is 4.68 Å². The van der Waals surface area contributed by atoms with Crippen molar-refractivity contribution in [2.75, 3.05) is 37.7 Å². The molecule has 1 atom stereocenters. The topological polar surface area (TPSA) is 59.3 Å². The lowest BCUT2D eigenvalue weighted by molar-refractivity contribution is 0.201. The largest absolute Gasteiger partial charge is 0.494 e. The summed E-state index contributed by atoms with van der Waals surface area (Å²) in [4.78, 5) is 4.93. The summed E-state index contributed by atoms with van der Waals surface area (Å²) in [6.07, 6.45) is 0. The Labute approximate surface area is 200 Å². The summed E-state index contributed by atoms with van der Waals surface area (Å²) in [7, 11) is 0. The molecule has 0 bridgehead atoms. The molecule has 34 heavy (non-hydrogen) atoms. The van der Waals surface area contributed by atoms with E-state index in [2.05, 4.69) is 79.9 Å². The van der Waals surface area contributed by atoms with Gasteiger partial charge in [0.15, 0.2) is 5.82 Å². The number of ether oxygens (including phenoxy) is 1. The van der Waals surface area contributed by atoms with E-state index in [1.807, 2.05) is 41.9 Å². The van der Waals surface area contributed by atoms with Gasteiger partial charge in [0.1, 0.15) is 5.75 Å². The molecule has 0 aliphatic carbocycles. The number of tetrazole rings is 1. The van der Waals surface area contributed by atoms with Gasteiger partial charge >= 0.3 is 0 Å². The second-order valence-electron chi connectivity index (χ2n) is 8.44. The summed E-state index contributed by atoms with van der Waals surface area (Å²) in [6, 6.07) is 29.3. The highest BCUT2D eigenvalue weighted by atomic mass is 16.5. The summed E-state index contributed by atoms with van der Waals surface area (Å²) < 4.78 is 7.61. The van der Waals surface area contributed by atoms with E-state index in [-0.39, 0.29) is 6.04 Å². The lowest BCUT2D eigenvalue weighted by atomic mass is 10.0. The van der Waals surface area contributed by atoms with Gasteiger partial charge in [-0.05, 0) is 52.7 Å². The van der Waals surface area contributed by atoms with E-state index in [9.17, 15) is 0 Å². The molecule has 5 rings (SSSR count). The van der Waals surface area contributed by atoms with Crippen LogP contribution in [0.2, 0.25) is 0 Å². The third-order valence-electron chi connectivity index (χ3n) is 6.29. The minimum absolute atomic E-state index is 0.0349. The number of anilines is 1. The normalized spacial score (nSPS) is 15.3. The first kappa shape index (κ1) is 22.1. The Balaban J connectivity index is 1.43. The molecule has 2 heterocycles. The summed E-state index contributed by atoms with van der Waals surface area (Å²) in [5.74, 6) is 1.74. The Hall–Kier alpha value is -3.71. The Morgan fingerprint density at radius 1 is 0.824 bits per heavy atom. The molecule has 0 N–H and O–H groups in total. The van der Waals surface area contributed by atoms with Gasteiger partial charge in [-0.3, -0.25) is 4.90 Å². The first-order valence-corrected chi connectivity index (χ1v) is 11.9. The standard InChI is InChI=1S/C27H30N6O/c1-2-34-25-15-13-23(14-16-25)26(27-28-29-30-33(27)21-22-9-5-3-6-10-22)32-19-17-31(18-20-32)24-11-7-4-8-12-24/h3-16,26H,2,17-21H2,1H3/t26-/m0/s1.